The third-order valence-corrected chi connectivity index (χ3v) is 3.89. The number of aliphatic hydroxyl groups is 2. The number of hydrogen-bond donors (Lipinski definition) is 3. The first-order valence-corrected chi connectivity index (χ1v) is 6.51. The van der Waals surface area contributed by atoms with Crippen LogP contribution in [0, 0.1) is 0 Å². The average Bonchev–Trinajstić information content (AvgIpc) is 2.87. The van der Waals surface area contributed by atoms with Crippen molar-refractivity contribution >= 4 is 0 Å². The van der Waals surface area contributed by atoms with Crippen molar-refractivity contribution in [2.45, 2.75) is 43.1 Å². The van der Waals surface area contributed by atoms with Gasteiger partial charge in [-0.1, -0.05) is 0 Å². The second kappa shape index (κ2) is 4.72. The first kappa shape index (κ1) is 14.4. The van der Waals surface area contributed by atoms with E-state index >= 15 is 0 Å². The van der Waals surface area contributed by atoms with E-state index < -0.39 is 54.6 Å². The number of aromatic nitrogens is 2. The van der Waals surface area contributed by atoms with Crippen LogP contribution in [0.2, 0.25) is 0 Å². The number of ether oxygens (including phenoxy) is 1. The lowest BCUT2D eigenvalue weighted by atomic mass is 10.2. The van der Waals surface area contributed by atoms with Crippen molar-refractivity contribution in [2.75, 3.05) is 6.61 Å². The summed E-state index contributed by atoms with van der Waals surface area (Å²) in [6.07, 6.45) is -2.07. The standard InChI is InChI=1S/C12H14F2N2O5/c13-12(14)2-6(12)5-3-16(11(20)15-10(5)19)9-1-7(18)8(4-17)21-9/h3,6-9,17-18H,1-2,4H2,(H,15,19,20)/t6-,7+,8-,9-/m1/s1. The summed E-state index contributed by atoms with van der Waals surface area (Å²) in [5, 5.41) is 18.7. The first-order valence-electron chi connectivity index (χ1n) is 6.51. The summed E-state index contributed by atoms with van der Waals surface area (Å²) in [7, 11) is 0. The van der Waals surface area contributed by atoms with E-state index in [1.807, 2.05) is 4.98 Å². The minimum absolute atomic E-state index is 0.0255. The monoisotopic (exact) mass is 304 g/mol. The molecule has 21 heavy (non-hydrogen) atoms. The molecule has 1 aromatic heterocycles. The van der Waals surface area contributed by atoms with Gasteiger partial charge in [-0.05, 0) is 0 Å². The van der Waals surface area contributed by atoms with Crippen molar-refractivity contribution < 1.29 is 23.7 Å². The maximum absolute atomic E-state index is 13.1. The van der Waals surface area contributed by atoms with Crippen LogP contribution >= 0.6 is 0 Å². The van der Waals surface area contributed by atoms with Crippen LogP contribution in [-0.4, -0.2) is 44.5 Å². The number of halogens is 2. The first-order chi connectivity index (χ1) is 9.83. The van der Waals surface area contributed by atoms with Crippen LogP contribution < -0.4 is 11.2 Å². The predicted octanol–water partition coefficient (Wildman–Crippen LogP) is -0.700. The second-order valence-corrected chi connectivity index (χ2v) is 5.38. The lowest BCUT2D eigenvalue weighted by Gasteiger charge is -2.15. The topological polar surface area (TPSA) is 105 Å². The minimum atomic E-state index is -2.93. The molecular formula is C12H14F2N2O5. The fourth-order valence-corrected chi connectivity index (χ4v) is 2.56. The quantitative estimate of drug-likeness (QED) is 0.685. The number of nitrogens with zero attached hydrogens (tertiary/aromatic N) is 1. The molecule has 1 saturated heterocycles. The number of H-pyrrole nitrogens is 1. The molecule has 0 amide bonds. The smallest absolute Gasteiger partial charge is 0.330 e. The number of rotatable bonds is 3. The minimum Gasteiger partial charge on any atom is -0.394 e. The fraction of sp³-hybridized carbons (Fsp3) is 0.667. The molecule has 1 aromatic rings. The molecular weight excluding hydrogens is 290 g/mol. The molecule has 2 heterocycles. The maximum atomic E-state index is 13.1. The number of alkyl halides is 2. The number of nitrogens with one attached hydrogen (secondary N) is 1. The van der Waals surface area contributed by atoms with Gasteiger partial charge in [0.15, 0.2) is 0 Å². The van der Waals surface area contributed by atoms with Gasteiger partial charge in [-0.2, -0.15) is 0 Å². The zero-order valence-electron chi connectivity index (χ0n) is 10.8. The van der Waals surface area contributed by atoms with Gasteiger partial charge in [0.25, 0.3) is 11.5 Å². The molecule has 0 bridgehead atoms. The van der Waals surface area contributed by atoms with Crippen LogP contribution in [0.5, 0.6) is 0 Å². The van der Waals surface area contributed by atoms with E-state index in [2.05, 4.69) is 0 Å². The van der Waals surface area contributed by atoms with E-state index in [1.54, 1.807) is 0 Å². The van der Waals surface area contributed by atoms with Crippen LogP contribution in [0.25, 0.3) is 0 Å². The molecule has 3 rings (SSSR count). The lowest BCUT2D eigenvalue weighted by molar-refractivity contribution is -0.0460. The summed E-state index contributed by atoms with van der Waals surface area (Å²) < 4.78 is 32.5. The van der Waals surface area contributed by atoms with Crippen molar-refractivity contribution in [3.8, 4) is 0 Å². The second-order valence-electron chi connectivity index (χ2n) is 5.38. The molecule has 1 aliphatic heterocycles. The highest BCUT2D eigenvalue weighted by molar-refractivity contribution is 5.24. The summed E-state index contributed by atoms with van der Waals surface area (Å²) in [6, 6.07) is 0. The Morgan fingerprint density at radius 3 is 2.67 bits per heavy atom. The number of aromatic amines is 1. The van der Waals surface area contributed by atoms with E-state index in [-0.39, 0.29) is 12.0 Å². The van der Waals surface area contributed by atoms with Crippen molar-refractivity contribution in [2.24, 2.45) is 0 Å². The molecule has 9 heteroatoms. The van der Waals surface area contributed by atoms with Crippen molar-refractivity contribution in [1.29, 1.82) is 0 Å². The Labute approximate surface area is 116 Å². The van der Waals surface area contributed by atoms with Crippen LogP contribution in [0.3, 0.4) is 0 Å². The van der Waals surface area contributed by atoms with Gasteiger partial charge < -0.3 is 14.9 Å². The molecule has 7 nitrogen and oxygen atoms in total. The summed E-state index contributed by atoms with van der Waals surface area (Å²) >= 11 is 0. The summed E-state index contributed by atoms with van der Waals surface area (Å²) in [5.41, 5.74) is -1.82. The Balaban J connectivity index is 1.95. The summed E-state index contributed by atoms with van der Waals surface area (Å²) in [5.74, 6) is -4.13. The van der Waals surface area contributed by atoms with E-state index in [9.17, 15) is 23.5 Å². The van der Waals surface area contributed by atoms with E-state index in [1.165, 1.54) is 0 Å². The molecule has 0 spiro atoms. The molecule has 2 aliphatic rings. The molecule has 0 unspecified atom stereocenters. The molecule has 4 atom stereocenters. The van der Waals surface area contributed by atoms with E-state index in [0.29, 0.717) is 0 Å². The molecule has 1 saturated carbocycles. The predicted molar refractivity (Wildman–Crippen MR) is 65.2 cm³/mol. The molecule has 116 valence electrons. The van der Waals surface area contributed by atoms with E-state index in [0.717, 1.165) is 10.8 Å². The lowest BCUT2D eigenvalue weighted by Crippen LogP contribution is -2.34. The van der Waals surface area contributed by atoms with Crippen LogP contribution in [-0.2, 0) is 4.74 Å². The Kier molecular flexibility index (Phi) is 3.23. The highest BCUT2D eigenvalue weighted by Crippen LogP contribution is 2.54. The fourth-order valence-electron chi connectivity index (χ4n) is 2.56. The van der Waals surface area contributed by atoms with Gasteiger partial charge in [-0.15, -0.1) is 0 Å². The Bertz CT molecular complexity index is 670. The SMILES string of the molecule is O=c1[nH]c(=O)n([C@H]2C[C@H](O)[C@@H](CO)O2)cc1[C@H]1CC1(F)F. The zero-order valence-corrected chi connectivity index (χ0v) is 10.8. The van der Waals surface area contributed by atoms with Crippen LogP contribution in [0.1, 0.15) is 30.6 Å². The van der Waals surface area contributed by atoms with Gasteiger partial charge in [0.1, 0.15) is 12.3 Å². The van der Waals surface area contributed by atoms with Gasteiger partial charge in [-0.25, -0.2) is 13.6 Å². The van der Waals surface area contributed by atoms with E-state index in [4.69, 9.17) is 9.84 Å². The van der Waals surface area contributed by atoms with Crippen LogP contribution in [0.4, 0.5) is 8.78 Å². The van der Waals surface area contributed by atoms with Gasteiger partial charge >= 0.3 is 5.69 Å². The maximum Gasteiger partial charge on any atom is 0.330 e. The normalized spacial score (nSPS) is 34.1. The van der Waals surface area contributed by atoms with Crippen LogP contribution in [0.15, 0.2) is 15.8 Å². The number of hydrogen-bond acceptors (Lipinski definition) is 5. The average molecular weight is 304 g/mol. The third-order valence-electron chi connectivity index (χ3n) is 3.89. The van der Waals surface area contributed by atoms with Crippen molar-refractivity contribution in [1.82, 2.24) is 9.55 Å². The highest BCUT2D eigenvalue weighted by Gasteiger charge is 2.59. The van der Waals surface area contributed by atoms with Gasteiger partial charge in [-0.3, -0.25) is 14.3 Å². The Morgan fingerprint density at radius 2 is 2.14 bits per heavy atom. The zero-order chi connectivity index (χ0) is 15.4. The molecule has 0 aromatic carbocycles. The summed E-state index contributed by atoms with van der Waals surface area (Å²) in [4.78, 5) is 25.4. The Morgan fingerprint density at radius 1 is 1.48 bits per heavy atom. The molecule has 1 aliphatic carbocycles. The molecule has 0 radical (unpaired) electrons. The van der Waals surface area contributed by atoms with Crippen molar-refractivity contribution in [3.05, 3.63) is 32.6 Å². The molecule has 3 N–H and O–H groups in total. The number of aliphatic hydroxyl groups excluding tert-OH is 2. The van der Waals surface area contributed by atoms with Crippen molar-refractivity contribution in [3.63, 3.8) is 0 Å². The van der Waals surface area contributed by atoms with Gasteiger partial charge in [0.05, 0.1) is 18.6 Å². The van der Waals surface area contributed by atoms with Gasteiger partial charge in [0.2, 0.25) is 0 Å². The highest BCUT2D eigenvalue weighted by atomic mass is 19.3. The molecule has 2 fully saturated rings. The summed E-state index contributed by atoms with van der Waals surface area (Å²) in [6.45, 7) is -0.427. The Hall–Kier alpha value is -1.58. The largest absolute Gasteiger partial charge is 0.394 e. The van der Waals surface area contributed by atoms with Gasteiger partial charge in [0, 0.05) is 24.6 Å². The third kappa shape index (κ3) is 2.41.